The lowest BCUT2D eigenvalue weighted by Crippen LogP contribution is -2.35. The van der Waals surface area contributed by atoms with Gasteiger partial charge in [0.25, 0.3) is 0 Å². The van der Waals surface area contributed by atoms with Crippen LogP contribution in [-0.2, 0) is 14.8 Å². The molecule has 0 aromatic heterocycles. The summed E-state index contributed by atoms with van der Waals surface area (Å²) in [6.45, 7) is 5.22. The number of sulfonamides is 1. The van der Waals surface area contributed by atoms with E-state index in [1.165, 1.54) is 7.05 Å². The van der Waals surface area contributed by atoms with Crippen LogP contribution in [0.4, 0.5) is 5.69 Å². The van der Waals surface area contributed by atoms with Crippen molar-refractivity contribution in [1.29, 1.82) is 0 Å². The number of aryl methyl sites for hydroxylation is 3. The normalized spacial score (nSPS) is 11.5. The van der Waals surface area contributed by atoms with Crippen LogP contribution in [0.25, 0.3) is 0 Å². The van der Waals surface area contributed by atoms with Gasteiger partial charge in [-0.05, 0) is 49.6 Å². The minimum atomic E-state index is -3.72. The number of likely N-dealkylation sites (N-methyl/N-ethyl adjacent to an activating group) is 1. The highest BCUT2D eigenvalue weighted by molar-refractivity contribution is 7.89. The van der Waals surface area contributed by atoms with E-state index in [0.717, 1.165) is 15.4 Å². The highest BCUT2D eigenvalue weighted by Gasteiger charge is 2.24. The van der Waals surface area contributed by atoms with E-state index in [1.54, 1.807) is 25.1 Å². The molecule has 0 bridgehead atoms. The molecule has 0 heterocycles. The van der Waals surface area contributed by atoms with Gasteiger partial charge in [0.15, 0.2) is 0 Å². The van der Waals surface area contributed by atoms with Crippen molar-refractivity contribution < 1.29 is 13.2 Å². The van der Waals surface area contributed by atoms with Crippen LogP contribution in [0.3, 0.4) is 0 Å². The van der Waals surface area contributed by atoms with Gasteiger partial charge in [-0.25, -0.2) is 8.42 Å². The van der Waals surface area contributed by atoms with Gasteiger partial charge in [0.1, 0.15) is 0 Å². The standard InChI is InChI=1S/C18H22N2O3S/c1-13-9-10-15(3)17(11-13)24(22,23)20(4)12-18(21)19-16-8-6-5-7-14(16)2/h5-11H,12H2,1-4H3,(H,19,21). The molecule has 0 aliphatic rings. The van der Waals surface area contributed by atoms with Crippen LogP contribution in [0, 0.1) is 20.8 Å². The number of hydrogen-bond acceptors (Lipinski definition) is 3. The first-order valence-corrected chi connectivity index (χ1v) is 9.05. The maximum Gasteiger partial charge on any atom is 0.243 e. The van der Waals surface area contributed by atoms with Gasteiger partial charge in [-0.2, -0.15) is 4.31 Å². The predicted octanol–water partition coefficient (Wildman–Crippen LogP) is 2.87. The molecular formula is C18H22N2O3S. The summed E-state index contributed by atoms with van der Waals surface area (Å²) in [4.78, 5) is 12.4. The van der Waals surface area contributed by atoms with Crippen molar-refractivity contribution in [3.63, 3.8) is 0 Å². The van der Waals surface area contributed by atoms with Crippen LogP contribution in [-0.4, -0.2) is 32.2 Å². The summed E-state index contributed by atoms with van der Waals surface area (Å²) in [7, 11) is -2.31. The molecule has 0 atom stereocenters. The first kappa shape index (κ1) is 18.2. The molecule has 0 radical (unpaired) electrons. The zero-order chi connectivity index (χ0) is 17.9. The van der Waals surface area contributed by atoms with Crippen molar-refractivity contribution in [1.82, 2.24) is 4.31 Å². The van der Waals surface area contributed by atoms with E-state index in [0.29, 0.717) is 11.3 Å². The van der Waals surface area contributed by atoms with E-state index in [2.05, 4.69) is 5.32 Å². The molecule has 0 fully saturated rings. The monoisotopic (exact) mass is 346 g/mol. The maximum absolute atomic E-state index is 12.7. The summed E-state index contributed by atoms with van der Waals surface area (Å²) < 4.78 is 26.5. The van der Waals surface area contributed by atoms with E-state index < -0.39 is 10.0 Å². The molecule has 0 saturated carbocycles. The summed E-state index contributed by atoms with van der Waals surface area (Å²) in [5.41, 5.74) is 3.12. The molecule has 0 unspecified atom stereocenters. The number of para-hydroxylation sites is 1. The van der Waals surface area contributed by atoms with Crippen molar-refractivity contribution in [3.8, 4) is 0 Å². The van der Waals surface area contributed by atoms with Gasteiger partial charge in [0, 0.05) is 12.7 Å². The molecule has 6 heteroatoms. The first-order valence-electron chi connectivity index (χ1n) is 7.61. The van der Waals surface area contributed by atoms with Crippen LogP contribution >= 0.6 is 0 Å². The third-order valence-electron chi connectivity index (χ3n) is 3.82. The smallest absolute Gasteiger partial charge is 0.243 e. The Bertz CT molecular complexity index is 860. The van der Waals surface area contributed by atoms with Crippen LogP contribution < -0.4 is 5.32 Å². The Morgan fingerprint density at radius 1 is 1.04 bits per heavy atom. The van der Waals surface area contributed by atoms with Gasteiger partial charge in [0.05, 0.1) is 11.4 Å². The van der Waals surface area contributed by atoms with E-state index in [1.807, 2.05) is 38.1 Å². The summed E-state index contributed by atoms with van der Waals surface area (Å²) in [5, 5.41) is 2.75. The van der Waals surface area contributed by atoms with Crippen molar-refractivity contribution in [2.45, 2.75) is 25.7 Å². The van der Waals surface area contributed by atoms with Gasteiger partial charge >= 0.3 is 0 Å². The minimum Gasteiger partial charge on any atom is -0.325 e. The molecule has 0 spiro atoms. The molecule has 24 heavy (non-hydrogen) atoms. The van der Waals surface area contributed by atoms with Gasteiger partial charge in [0.2, 0.25) is 15.9 Å². The van der Waals surface area contributed by atoms with Gasteiger partial charge in [-0.1, -0.05) is 30.3 Å². The first-order chi connectivity index (χ1) is 11.2. The fourth-order valence-corrected chi connectivity index (χ4v) is 3.78. The van der Waals surface area contributed by atoms with Gasteiger partial charge < -0.3 is 5.32 Å². The Hall–Kier alpha value is -2.18. The third-order valence-corrected chi connectivity index (χ3v) is 5.76. The highest BCUT2D eigenvalue weighted by Crippen LogP contribution is 2.20. The zero-order valence-electron chi connectivity index (χ0n) is 14.3. The van der Waals surface area contributed by atoms with Crippen LogP contribution in [0.15, 0.2) is 47.4 Å². The summed E-state index contributed by atoms with van der Waals surface area (Å²) in [6.07, 6.45) is 0. The molecule has 2 rings (SSSR count). The number of hydrogen-bond donors (Lipinski definition) is 1. The number of amides is 1. The number of benzene rings is 2. The molecule has 0 aliphatic carbocycles. The van der Waals surface area contributed by atoms with Crippen molar-refractivity contribution in [2.75, 3.05) is 18.9 Å². The molecule has 5 nitrogen and oxygen atoms in total. The molecular weight excluding hydrogens is 324 g/mol. The molecule has 1 amide bonds. The highest BCUT2D eigenvalue weighted by atomic mass is 32.2. The fraction of sp³-hybridized carbons (Fsp3) is 0.278. The van der Waals surface area contributed by atoms with E-state index >= 15 is 0 Å². The quantitative estimate of drug-likeness (QED) is 0.905. The maximum atomic E-state index is 12.7. The lowest BCUT2D eigenvalue weighted by molar-refractivity contribution is -0.116. The third kappa shape index (κ3) is 4.01. The van der Waals surface area contributed by atoms with Crippen molar-refractivity contribution in [2.24, 2.45) is 0 Å². The lowest BCUT2D eigenvalue weighted by atomic mass is 10.2. The van der Waals surface area contributed by atoms with Crippen LogP contribution in [0.1, 0.15) is 16.7 Å². The number of nitrogens with zero attached hydrogens (tertiary/aromatic N) is 1. The fourth-order valence-electron chi connectivity index (χ4n) is 2.34. The second kappa shape index (κ2) is 7.15. The molecule has 0 saturated heterocycles. The summed E-state index contributed by atoms with van der Waals surface area (Å²) in [5.74, 6) is -0.374. The number of nitrogens with one attached hydrogen (secondary N) is 1. The van der Waals surface area contributed by atoms with E-state index in [4.69, 9.17) is 0 Å². The number of anilines is 1. The Kier molecular flexibility index (Phi) is 5.41. The minimum absolute atomic E-state index is 0.230. The zero-order valence-corrected chi connectivity index (χ0v) is 15.1. The number of carbonyl (C=O) groups is 1. The average molecular weight is 346 g/mol. The largest absolute Gasteiger partial charge is 0.325 e. The average Bonchev–Trinajstić information content (AvgIpc) is 2.51. The predicted molar refractivity (Wildman–Crippen MR) is 95.5 cm³/mol. The van der Waals surface area contributed by atoms with E-state index in [-0.39, 0.29) is 17.3 Å². The molecule has 1 N–H and O–H groups in total. The van der Waals surface area contributed by atoms with Crippen LogP contribution in [0.2, 0.25) is 0 Å². The number of carbonyl (C=O) groups excluding carboxylic acids is 1. The molecule has 2 aromatic carbocycles. The van der Waals surface area contributed by atoms with Crippen LogP contribution in [0.5, 0.6) is 0 Å². The number of rotatable bonds is 5. The SMILES string of the molecule is Cc1ccc(C)c(S(=O)(=O)N(C)CC(=O)Nc2ccccc2C)c1. The molecule has 0 aliphatic heterocycles. The Morgan fingerprint density at radius 3 is 2.38 bits per heavy atom. The van der Waals surface area contributed by atoms with Gasteiger partial charge in [-0.3, -0.25) is 4.79 Å². The second-order valence-electron chi connectivity index (χ2n) is 5.89. The van der Waals surface area contributed by atoms with Crippen molar-refractivity contribution >= 4 is 21.6 Å². The topological polar surface area (TPSA) is 66.5 Å². The molecule has 2 aromatic rings. The second-order valence-corrected chi connectivity index (χ2v) is 7.91. The van der Waals surface area contributed by atoms with Crippen molar-refractivity contribution in [3.05, 3.63) is 59.2 Å². The van der Waals surface area contributed by atoms with Gasteiger partial charge in [-0.15, -0.1) is 0 Å². The summed E-state index contributed by atoms with van der Waals surface area (Å²) in [6, 6.07) is 12.6. The Labute approximate surface area is 143 Å². The lowest BCUT2D eigenvalue weighted by Gasteiger charge is -2.19. The molecule has 128 valence electrons. The Morgan fingerprint density at radius 2 is 1.71 bits per heavy atom. The van der Waals surface area contributed by atoms with E-state index in [9.17, 15) is 13.2 Å². The Balaban J connectivity index is 2.16. The summed E-state index contributed by atoms with van der Waals surface area (Å²) >= 11 is 0.